The van der Waals surface area contributed by atoms with Crippen LogP contribution in [0.4, 0.5) is 0 Å². The van der Waals surface area contributed by atoms with E-state index in [1.807, 2.05) is 42.1 Å². The van der Waals surface area contributed by atoms with Gasteiger partial charge in [-0.1, -0.05) is 32.0 Å². The van der Waals surface area contributed by atoms with Gasteiger partial charge < -0.3 is 9.88 Å². The Bertz CT molecular complexity index is 802. The van der Waals surface area contributed by atoms with Crippen LogP contribution in [-0.2, 0) is 7.05 Å². The lowest BCUT2D eigenvalue weighted by Crippen LogP contribution is -2.33. The van der Waals surface area contributed by atoms with Gasteiger partial charge in [0.15, 0.2) is 5.69 Å². The molecular weight excluding hydrogens is 278 g/mol. The molecule has 1 atom stereocenters. The SMILES string of the molecule is CC(C)[C@H](NC(=O)c1n[nH]c2ccccc12)c1nccn1C. The van der Waals surface area contributed by atoms with Gasteiger partial charge >= 0.3 is 0 Å². The van der Waals surface area contributed by atoms with Crippen molar-refractivity contribution in [1.82, 2.24) is 25.1 Å². The predicted molar refractivity (Wildman–Crippen MR) is 84.3 cm³/mol. The monoisotopic (exact) mass is 297 g/mol. The van der Waals surface area contributed by atoms with E-state index in [4.69, 9.17) is 0 Å². The molecule has 1 amide bonds. The van der Waals surface area contributed by atoms with Crippen molar-refractivity contribution in [3.63, 3.8) is 0 Å². The molecule has 2 heterocycles. The quantitative estimate of drug-likeness (QED) is 0.776. The van der Waals surface area contributed by atoms with Crippen LogP contribution < -0.4 is 5.32 Å². The average Bonchev–Trinajstić information content (AvgIpc) is 3.10. The summed E-state index contributed by atoms with van der Waals surface area (Å²) in [5.41, 5.74) is 1.26. The second-order valence-electron chi connectivity index (χ2n) is 5.71. The van der Waals surface area contributed by atoms with Gasteiger partial charge in [-0.2, -0.15) is 5.10 Å². The first-order valence-corrected chi connectivity index (χ1v) is 7.29. The zero-order chi connectivity index (χ0) is 15.7. The summed E-state index contributed by atoms with van der Waals surface area (Å²) in [6.45, 7) is 4.12. The molecule has 0 saturated heterocycles. The van der Waals surface area contributed by atoms with Crippen molar-refractivity contribution >= 4 is 16.8 Å². The van der Waals surface area contributed by atoms with Gasteiger partial charge in [-0.05, 0) is 12.0 Å². The Balaban J connectivity index is 1.90. The second kappa shape index (κ2) is 5.63. The Morgan fingerprint density at radius 1 is 1.32 bits per heavy atom. The summed E-state index contributed by atoms with van der Waals surface area (Å²) in [5, 5.41) is 10.9. The van der Waals surface area contributed by atoms with Gasteiger partial charge in [-0.25, -0.2) is 4.98 Å². The topological polar surface area (TPSA) is 75.6 Å². The number of carbonyl (C=O) groups is 1. The molecule has 0 fully saturated rings. The first-order chi connectivity index (χ1) is 10.6. The predicted octanol–water partition coefficient (Wildman–Crippen LogP) is 2.42. The number of nitrogens with one attached hydrogen (secondary N) is 2. The first kappa shape index (κ1) is 14.3. The standard InChI is InChI=1S/C16H19N5O/c1-10(2)13(15-17-8-9-21(15)3)18-16(22)14-11-6-4-5-7-12(11)19-20-14/h4-10,13H,1-3H3,(H,18,22)(H,19,20)/t13-/m0/s1. The summed E-state index contributed by atoms with van der Waals surface area (Å²) in [5.74, 6) is 0.859. The number of nitrogens with zero attached hydrogens (tertiary/aromatic N) is 3. The molecule has 1 aromatic carbocycles. The molecule has 0 aliphatic heterocycles. The minimum absolute atomic E-state index is 0.164. The van der Waals surface area contributed by atoms with E-state index in [0.717, 1.165) is 16.7 Å². The van der Waals surface area contributed by atoms with Crippen molar-refractivity contribution < 1.29 is 4.79 Å². The van der Waals surface area contributed by atoms with E-state index < -0.39 is 0 Å². The van der Waals surface area contributed by atoms with E-state index in [2.05, 4.69) is 34.3 Å². The molecular formula is C16H19N5O. The average molecular weight is 297 g/mol. The van der Waals surface area contributed by atoms with E-state index >= 15 is 0 Å². The number of H-pyrrole nitrogens is 1. The third-order valence-corrected chi connectivity index (χ3v) is 3.78. The molecule has 0 aliphatic carbocycles. The highest BCUT2D eigenvalue weighted by molar-refractivity contribution is 6.04. The van der Waals surface area contributed by atoms with E-state index in [9.17, 15) is 4.79 Å². The van der Waals surface area contributed by atoms with Crippen molar-refractivity contribution in [3.05, 3.63) is 48.2 Å². The first-order valence-electron chi connectivity index (χ1n) is 7.29. The lowest BCUT2D eigenvalue weighted by molar-refractivity contribution is 0.0919. The molecule has 3 aromatic rings. The number of benzene rings is 1. The zero-order valence-corrected chi connectivity index (χ0v) is 12.9. The fourth-order valence-electron chi connectivity index (χ4n) is 2.55. The normalized spacial score (nSPS) is 12.7. The number of aromatic amines is 1. The smallest absolute Gasteiger partial charge is 0.273 e. The Kier molecular flexibility index (Phi) is 3.66. The highest BCUT2D eigenvalue weighted by atomic mass is 16.2. The van der Waals surface area contributed by atoms with Gasteiger partial charge in [0.05, 0.1) is 11.6 Å². The van der Waals surface area contributed by atoms with Gasteiger partial charge in [0.1, 0.15) is 5.82 Å². The summed E-state index contributed by atoms with van der Waals surface area (Å²) in [6, 6.07) is 7.43. The van der Waals surface area contributed by atoms with Crippen LogP contribution in [0, 0.1) is 5.92 Å². The molecule has 0 unspecified atom stereocenters. The summed E-state index contributed by atoms with van der Waals surface area (Å²) in [4.78, 5) is 17.0. The zero-order valence-electron chi connectivity index (χ0n) is 12.9. The Labute approximate surface area is 128 Å². The highest BCUT2D eigenvalue weighted by Gasteiger charge is 2.24. The van der Waals surface area contributed by atoms with Gasteiger partial charge in [0.2, 0.25) is 0 Å². The summed E-state index contributed by atoms with van der Waals surface area (Å²) in [7, 11) is 1.92. The van der Waals surface area contributed by atoms with Crippen molar-refractivity contribution in [2.24, 2.45) is 13.0 Å². The van der Waals surface area contributed by atoms with E-state index in [-0.39, 0.29) is 17.9 Å². The molecule has 2 N–H and O–H groups in total. The van der Waals surface area contributed by atoms with E-state index in [1.165, 1.54) is 0 Å². The molecule has 3 rings (SSSR count). The molecule has 0 aliphatic rings. The maximum absolute atomic E-state index is 12.6. The summed E-state index contributed by atoms with van der Waals surface area (Å²) >= 11 is 0. The number of imidazole rings is 1. The number of aryl methyl sites for hydroxylation is 1. The number of aromatic nitrogens is 4. The van der Waals surface area contributed by atoms with Crippen LogP contribution in [0.25, 0.3) is 10.9 Å². The Hall–Kier alpha value is -2.63. The number of amides is 1. The minimum atomic E-state index is -0.195. The van der Waals surface area contributed by atoms with Crippen molar-refractivity contribution in [2.75, 3.05) is 0 Å². The lowest BCUT2D eigenvalue weighted by Gasteiger charge is -2.21. The van der Waals surface area contributed by atoms with E-state index in [0.29, 0.717) is 5.69 Å². The second-order valence-corrected chi connectivity index (χ2v) is 5.71. The number of para-hydroxylation sites is 1. The van der Waals surface area contributed by atoms with Crippen LogP contribution in [-0.4, -0.2) is 25.7 Å². The van der Waals surface area contributed by atoms with Gasteiger partial charge in [0, 0.05) is 24.8 Å². The molecule has 0 saturated carbocycles. The summed E-state index contributed by atoms with van der Waals surface area (Å²) in [6.07, 6.45) is 3.61. The van der Waals surface area contributed by atoms with Gasteiger partial charge in [-0.3, -0.25) is 9.89 Å². The van der Waals surface area contributed by atoms with Gasteiger partial charge in [0.25, 0.3) is 5.91 Å². The van der Waals surface area contributed by atoms with Crippen molar-refractivity contribution in [2.45, 2.75) is 19.9 Å². The third kappa shape index (κ3) is 2.47. The Morgan fingerprint density at radius 2 is 2.09 bits per heavy atom. The van der Waals surface area contributed by atoms with Crippen LogP contribution in [0.2, 0.25) is 0 Å². The van der Waals surface area contributed by atoms with Crippen LogP contribution in [0.1, 0.15) is 36.2 Å². The molecule has 2 aromatic heterocycles. The molecule has 6 heteroatoms. The fourth-order valence-corrected chi connectivity index (χ4v) is 2.55. The van der Waals surface area contributed by atoms with Crippen LogP contribution in [0.3, 0.4) is 0 Å². The molecule has 22 heavy (non-hydrogen) atoms. The Morgan fingerprint density at radius 3 is 2.77 bits per heavy atom. The largest absolute Gasteiger partial charge is 0.340 e. The number of rotatable bonds is 4. The van der Waals surface area contributed by atoms with Gasteiger partial charge in [-0.15, -0.1) is 0 Å². The molecule has 0 bridgehead atoms. The molecule has 6 nitrogen and oxygen atoms in total. The molecule has 0 radical (unpaired) electrons. The van der Waals surface area contributed by atoms with Crippen LogP contribution in [0.5, 0.6) is 0 Å². The maximum atomic E-state index is 12.6. The molecule has 0 spiro atoms. The number of hydrogen-bond donors (Lipinski definition) is 2. The maximum Gasteiger partial charge on any atom is 0.273 e. The summed E-state index contributed by atoms with van der Waals surface area (Å²) < 4.78 is 1.92. The molecule has 114 valence electrons. The lowest BCUT2D eigenvalue weighted by atomic mass is 10.0. The highest BCUT2D eigenvalue weighted by Crippen LogP contribution is 2.21. The van der Waals surface area contributed by atoms with Crippen molar-refractivity contribution in [1.29, 1.82) is 0 Å². The number of fused-ring (bicyclic) bond motifs is 1. The number of hydrogen-bond acceptors (Lipinski definition) is 3. The fraction of sp³-hybridized carbons (Fsp3) is 0.312. The minimum Gasteiger partial charge on any atom is -0.340 e. The van der Waals surface area contributed by atoms with Crippen molar-refractivity contribution in [3.8, 4) is 0 Å². The van der Waals surface area contributed by atoms with Crippen LogP contribution in [0.15, 0.2) is 36.7 Å². The third-order valence-electron chi connectivity index (χ3n) is 3.78. The van der Waals surface area contributed by atoms with E-state index in [1.54, 1.807) is 6.20 Å². The van der Waals surface area contributed by atoms with Crippen LogP contribution >= 0.6 is 0 Å². The number of carbonyl (C=O) groups excluding carboxylic acids is 1.